The molecule has 0 amide bonds. The monoisotopic (exact) mass is 328 g/mol. The summed E-state index contributed by atoms with van der Waals surface area (Å²) >= 11 is 0. The van der Waals surface area contributed by atoms with Gasteiger partial charge in [-0.1, -0.05) is 19.3 Å². The number of anilines is 1. The summed E-state index contributed by atoms with van der Waals surface area (Å²) in [5, 5.41) is 10.1. The number of carbonyl (C=O) groups is 1. The lowest BCUT2D eigenvalue weighted by Crippen LogP contribution is -2.31. The Morgan fingerprint density at radius 2 is 2.14 bits per heavy atom. The molecular formula is C14H17FN2O4S. The molecule has 1 aromatic rings. The second-order valence-corrected chi connectivity index (χ2v) is 7.47. The fraction of sp³-hybridized carbons (Fsp3) is 0.500. The van der Waals surface area contributed by atoms with E-state index in [4.69, 9.17) is 0 Å². The van der Waals surface area contributed by atoms with Crippen molar-refractivity contribution in [3.8, 4) is 5.75 Å². The van der Waals surface area contributed by atoms with Crippen molar-refractivity contribution in [2.24, 2.45) is 5.92 Å². The average Bonchev–Trinajstić information content (AvgIpc) is 2.69. The summed E-state index contributed by atoms with van der Waals surface area (Å²) < 4.78 is 41.0. The van der Waals surface area contributed by atoms with E-state index < -0.39 is 33.5 Å². The summed E-state index contributed by atoms with van der Waals surface area (Å²) in [6.45, 7) is -0.238. The fourth-order valence-corrected chi connectivity index (χ4v) is 4.30. The molecule has 1 aliphatic heterocycles. The third-order valence-electron chi connectivity index (χ3n) is 4.22. The normalized spacial score (nSPS) is 24.2. The number of benzene rings is 1. The van der Waals surface area contributed by atoms with E-state index in [-0.39, 0.29) is 6.54 Å². The van der Waals surface area contributed by atoms with Crippen LogP contribution in [0.4, 0.5) is 10.1 Å². The maximum Gasteiger partial charge on any atom is 0.302 e. The van der Waals surface area contributed by atoms with Crippen LogP contribution in [0.1, 0.15) is 24.8 Å². The minimum absolute atomic E-state index is 0.238. The maximum absolute atomic E-state index is 14.3. The summed E-state index contributed by atoms with van der Waals surface area (Å²) in [6, 6.07) is 1.72. The first-order chi connectivity index (χ1) is 10.4. The second kappa shape index (κ2) is 5.51. The first kappa shape index (κ1) is 15.2. The first-order valence-electron chi connectivity index (χ1n) is 7.17. The Morgan fingerprint density at radius 3 is 2.64 bits per heavy atom. The number of rotatable bonds is 4. The Bertz CT molecular complexity index is 680. The largest absolute Gasteiger partial charge is 0.506 e. The summed E-state index contributed by atoms with van der Waals surface area (Å²) in [6.07, 6.45) is 4.47. The van der Waals surface area contributed by atoms with Gasteiger partial charge in [0.1, 0.15) is 17.7 Å². The van der Waals surface area contributed by atoms with Crippen LogP contribution in [-0.4, -0.2) is 32.4 Å². The summed E-state index contributed by atoms with van der Waals surface area (Å²) in [5.74, 6) is -0.723. The van der Waals surface area contributed by atoms with Gasteiger partial charge in [0.25, 0.3) is 0 Å². The Hall–Kier alpha value is -1.67. The quantitative estimate of drug-likeness (QED) is 0.810. The van der Waals surface area contributed by atoms with Gasteiger partial charge in [0, 0.05) is 0 Å². The van der Waals surface area contributed by atoms with Gasteiger partial charge in [-0.25, -0.2) is 8.70 Å². The third kappa shape index (κ3) is 2.68. The van der Waals surface area contributed by atoms with Crippen LogP contribution in [0.2, 0.25) is 0 Å². The van der Waals surface area contributed by atoms with Crippen molar-refractivity contribution >= 4 is 22.2 Å². The van der Waals surface area contributed by atoms with Gasteiger partial charge in [0.2, 0.25) is 0 Å². The van der Waals surface area contributed by atoms with Crippen molar-refractivity contribution < 1.29 is 22.7 Å². The zero-order valence-corrected chi connectivity index (χ0v) is 12.6. The molecule has 1 atom stereocenters. The minimum Gasteiger partial charge on any atom is -0.506 e. The Morgan fingerprint density at radius 1 is 1.41 bits per heavy atom. The van der Waals surface area contributed by atoms with Gasteiger partial charge in [-0.15, -0.1) is 0 Å². The zero-order valence-electron chi connectivity index (χ0n) is 11.8. The molecule has 1 saturated heterocycles. The van der Waals surface area contributed by atoms with Crippen LogP contribution < -0.4 is 9.03 Å². The highest BCUT2D eigenvalue weighted by Crippen LogP contribution is 2.37. The number of nitrogens with one attached hydrogen (secondary N) is 1. The average molecular weight is 328 g/mol. The number of aromatic hydroxyl groups is 1. The maximum atomic E-state index is 14.3. The lowest BCUT2D eigenvalue weighted by Gasteiger charge is -2.26. The standard InChI is InChI=1S/C14H17FN2O4S/c15-12-5-10(4-9-2-1-3-9)6-13(19)14(12)17-7-11(8-18)16-22(17,20)21/h5-6,8-9,11,16,19H,1-4,7H2. The number of halogens is 1. The van der Waals surface area contributed by atoms with Crippen LogP contribution in [0.5, 0.6) is 5.75 Å². The van der Waals surface area contributed by atoms with E-state index in [1.807, 2.05) is 0 Å². The Balaban J connectivity index is 1.92. The van der Waals surface area contributed by atoms with Crippen molar-refractivity contribution in [1.82, 2.24) is 4.72 Å². The van der Waals surface area contributed by atoms with E-state index in [1.165, 1.54) is 18.6 Å². The van der Waals surface area contributed by atoms with Crippen LogP contribution in [0, 0.1) is 11.7 Å². The van der Waals surface area contributed by atoms with Crippen molar-refractivity contribution in [3.63, 3.8) is 0 Å². The van der Waals surface area contributed by atoms with Gasteiger partial charge >= 0.3 is 10.2 Å². The van der Waals surface area contributed by atoms with Crippen LogP contribution >= 0.6 is 0 Å². The van der Waals surface area contributed by atoms with Crippen molar-refractivity contribution in [1.29, 1.82) is 0 Å². The fourth-order valence-electron chi connectivity index (χ4n) is 2.89. The predicted octanol–water partition coefficient (Wildman–Crippen LogP) is 1.10. The molecule has 1 heterocycles. The molecule has 0 radical (unpaired) electrons. The van der Waals surface area contributed by atoms with Crippen LogP contribution in [-0.2, 0) is 21.4 Å². The van der Waals surface area contributed by atoms with E-state index in [0.29, 0.717) is 28.5 Å². The van der Waals surface area contributed by atoms with Crippen molar-refractivity contribution in [3.05, 3.63) is 23.5 Å². The smallest absolute Gasteiger partial charge is 0.302 e. The molecule has 2 N–H and O–H groups in total. The van der Waals surface area contributed by atoms with Gasteiger partial charge in [-0.3, -0.25) is 0 Å². The van der Waals surface area contributed by atoms with E-state index in [9.17, 15) is 22.7 Å². The number of phenols is 1. The molecule has 0 spiro atoms. The summed E-state index contributed by atoms with van der Waals surface area (Å²) in [5.41, 5.74) is 0.245. The number of hydrogen-bond donors (Lipinski definition) is 2. The SMILES string of the molecule is O=CC1CN(c2c(O)cc(CC3CCC3)cc2F)S(=O)(=O)N1. The molecule has 2 aliphatic rings. The van der Waals surface area contributed by atoms with Crippen molar-refractivity contribution in [2.75, 3.05) is 10.8 Å². The molecule has 22 heavy (non-hydrogen) atoms. The molecule has 1 unspecified atom stereocenters. The topological polar surface area (TPSA) is 86.7 Å². The van der Waals surface area contributed by atoms with Crippen LogP contribution in [0.25, 0.3) is 0 Å². The van der Waals surface area contributed by atoms with Gasteiger partial charge in [0.15, 0.2) is 5.82 Å². The van der Waals surface area contributed by atoms with Crippen molar-refractivity contribution in [2.45, 2.75) is 31.7 Å². The lowest BCUT2D eigenvalue weighted by molar-refractivity contribution is -0.108. The van der Waals surface area contributed by atoms with Gasteiger partial charge in [-0.2, -0.15) is 13.1 Å². The Kier molecular flexibility index (Phi) is 3.82. The first-order valence-corrected chi connectivity index (χ1v) is 8.61. The minimum atomic E-state index is -4.02. The third-order valence-corrected chi connectivity index (χ3v) is 5.73. The second-order valence-electron chi connectivity index (χ2n) is 5.84. The highest BCUT2D eigenvalue weighted by atomic mass is 32.2. The van der Waals surface area contributed by atoms with Gasteiger partial charge in [0.05, 0.1) is 12.6 Å². The van der Waals surface area contributed by atoms with E-state index in [0.717, 1.165) is 12.8 Å². The van der Waals surface area contributed by atoms with E-state index >= 15 is 0 Å². The molecule has 1 saturated carbocycles. The molecule has 8 heteroatoms. The zero-order chi connectivity index (χ0) is 15.9. The number of carbonyl (C=O) groups excluding carboxylic acids is 1. The van der Waals surface area contributed by atoms with Gasteiger partial charge in [-0.05, 0) is 30.0 Å². The molecule has 1 aromatic carbocycles. The lowest BCUT2D eigenvalue weighted by atomic mass is 9.81. The molecule has 0 bridgehead atoms. The molecule has 6 nitrogen and oxygen atoms in total. The molecule has 1 aliphatic carbocycles. The molecule has 3 rings (SSSR count). The van der Waals surface area contributed by atoms with Crippen LogP contribution in [0.15, 0.2) is 12.1 Å². The van der Waals surface area contributed by atoms with Gasteiger partial charge < -0.3 is 9.90 Å². The Labute approximate surface area is 128 Å². The van der Waals surface area contributed by atoms with E-state index in [2.05, 4.69) is 4.72 Å². The number of aldehydes is 1. The summed E-state index contributed by atoms with van der Waals surface area (Å²) in [7, 11) is -4.02. The highest BCUT2D eigenvalue weighted by molar-refractivity contribution is 7.91. The number of hydrogen-bond acceptors (Lipinski definition) is 4. The molecular weight excluding hydrogens is 311 g/mol. The number of phenolic OH excluding ortho intramolecular Hbond substituents is 1. The molecule has 2 fully saturated rings. The van der Waals surface area contributed by atoms with Crippen LogP contribution in [0.3, 0.4) is 0 Å². The van der Waals surface area contributed by atoms with E-state index in [1.54, 1.807) is 0 Å². The molecule has 120 valence electrons. The molecule has 0 aromatic heterocycles. The highest BCUT2D eigenvalue weighted by Gasteiger charge is 2.38. The summed E-state index contributed by atoms with van der Waals surface area (Å²) in [4.78, 5) is 10.7. The number of nitrogens with zero attached hydrogens (tertiary/aromatic N) is 1. The predicted molar refractivity (Wildman–Crippen MR) is 78.4 cm³/mol.